The predicted octanol–water partition coefficient (Wildman–Crippen LogP) is 7.54. The molecule has 0 aliphatic heterocycles. The number of carbonyl (C=O) groups excluding carboxylic acids is 11. The normalized spacial score (nSPS) is 15.4. The van der Waals surface area contributed by atoms with Gasteiger partial charge in [0.1, 0.15) is 54.9 Å². The number of carbonyl (C=O) groups is 12. The van der Waals surface area contributed by atoms with Crippen LogP contribution in [-0.4, -0.2) is 159 Å². The molecule has 14 atom stereocenters. The van der Waals surface area contributed by atoms with Crippen LogP contribution in [0.25, 0.3) is 0 Å². The van der Waals surface area contributed by atoms with Gasteiger partial charge in [0.15, 0.2) is 0 Å². The number of carboxylic acids is 1. The molecule has 10 amide bonds. The number of hydrogen-bond acceptors (Lipinski definition) is 15. The highest BCUT2D eigenvalue weighted by Gasteiger charge is 2.38. The summed E-state index contributed by atoms with van der Waals surface area (Å²) >= 11 is 0. The molecule has 0 fully saturated rings. The maximum atomic E-state index is 13.9. The molecular weight excluding hydrogens is 1390 g/mol. The first-order valence-electron chi connectivity index (χ1n) is 39.0. The number of ether oxygens (including phenoxy) is 1. The van der Waals surface area contributed by atoms with Gasteiger partial charge in [-0.25, -0.2) is 9.59 Å². The molecule has 0 spiro atoms. The molecule has 0 aliphatic carbocycles. The Hall–Kier alpha value is -8.78. The number of carboxylic acid groups (broad SMARTS) is 1. The van der Waals surface area contributed by atoms with Crippen molar-refractivity contribution in [2.75, 3.05) is 0 Å². The largest absolute Gasteiger partial charge is 0.480 e. The van der Waals surface area contributed by atoms with Crippen molar-refractivity contribution >= 4 is 71.0 Å². The van der Waals surface area contributed by atoms with Crippen LogP contribution in [0.2, 0.25) is 0 Å². The van der Waals surface area contributed by atoms with Crippen LogP contribution in [-0.2, 0) is 81.7 Å². The van der Waals surface area contributed by atoms with Crippen molar-refractivity contribution in [2.45, 2.75) is 282 Å². The molecule has 109 heavy (non-hydrogen) atoms. The number of rotatable bonds is 46. The minimum absolute atomic E-state index is 0.0441. The topological polar surface area (TPSA) is 395 Å². The Morgan fingerprint density at radius 1 is 0.330 bits per heavy atom. The van der Waals surface area contributed by atoms with Gasteiger partial charge in [-0.1, -0.05) is 242 Å². The maximum absolute atomic E-state index is 13.9. The fourth-order valence-corrected chi connectivity index (χ4v) is 11.9. The van der Waals surface area contributed by atoms with Gasteiger partial charge in [0, 0.05) is 12.8 Å². The molecular formula is C83H132N10O16. The van der Waals surface area contributed by atoms with Crippen molar-refractivity contribution in [1.82, 2.24) is 53.2 Å². The summed E-state index contributed by atoms with van der Waals surface area (Å²) < 4.78 is 5.52. The van der Waals surface area contributed by atoms with Crippen LogP contribution in [0, 0.1) is 59.2 Å². The van der Waals surface area contributed by atoms with Crippen LogP contribution in [0.1, 0.15) is 207 Å². The van der Waals surface area contributed by atoms with Gasteiger partial charge in [0.2, 0.25) is 59.1 Å². The average Bonchev–Trinajstić information content (AvgIpc) is 0.847. The molecule has 3 aromatic carbocycles. The van der Waals surface area contributed by atoms with Crippen molar-refractivity contribution in [3.05, 3.63) is 108 Å². The van der Waals surface area contributed by atoms with Crippen LogP contribution in [0.4, 0.5) is 0 Å². The number of hydrogen-bond donors (Lipinski definition) is 13. The number of aliphatic carboxylic acids is 1. The fraction of sp³-hybridized carbons (Fsp3) is 0.639. The lowest BCUT2D eigenvalue weighted by molar-refractivity contribution is -0.151. The smallest absolute Gasteiger partial charge is 0.329 e. The second-order valence-electron chi connectivity index (χ2n) is 32.1. The number of benzene rings is 3. The lowest BCUT2D eigenvalue weighted by Gasteiger charge is -2.30. The standard InChI is InChI=1S/C45H69N5O8.C38H63N5O8/c1-11-31(10)41(44(56)50-40(30(8)9)45(57)58-26-33-20-16-13-17-21-33)48-38(53)25-36(51)34(24-32-18-14-12-15-19-32)47-43(55)39(29(6)7)49-42(54)35(22-27(2)3)46-37(52)23-28(4)5;1-11-25(10)34(37(49)43-33(24(8)9)38(50)51)41-31(46)20-29(44)27(19-26-15-13-12-14-16-26)40-36(48)32(23(6)7)42-35(47)28(17-21(2)3)39-30(45)18-22(4)5/h12-21,27-31,34-36,39-41,51H,11,22-26H2,1-10H3,(H,46,52)(H,47,55)(H,48,53)(H,49,54)(H,50,56);12-16,21-25,27-29,32-34,44H,11,17-20H2,1-10H3,(H,39,45)(H,40,48)(H,41,46)(H,42,47)(H,43,49)(H,50,51)/t31-,34-,35-,36-,39-,40-,41-;25-,27-,28-,29-,32-,33-,34-/m00/s1. The highest BCUT2D eigenvalue weighted by molar-refractivity contribution is 5.95. The third kappa shape index (κ3) is 36.5. The highest BCUT2D eigenvalue weighted by atomic mass is 16.5. The molecule has 0 radical (unpaired) electrons. The van der Waals surface area contributed by atoms with E-state index in [1.54, 1.807) is 69.2 Å². The zero-order valence-corrected chi connectivity index (χ0v) is 68.3. The number of aliphatic hydroxyl groups is 2. The van der Waals surface area contributed by atoms with Gasteiger partial charge in [-0.05, 0) is 102 Å². The van der Waals surface area contributed by atoms with Crippen molar-refractivity contribution in [1.29, 1.82) is 0 Å². The van der Waals surface area contributed by atoms with E-state index < -0.39 is 151 Å². The van der Waals surface area contributed by atoms with Crippen LogP contribution < -0.4 is 53.2 Å². The van der Waals surface area contributed by atoms with Gasteiger partial charge in [0.25, 0.3) is 0 Å². The Morgan fingerprint density at radius 3 is 0.917 bits per heavy atom. The van der Waals surface area contributed by atoms with Gasteiger partial charge < -0.3 is 73.2 Å². The zero-order chi connectivity index (χ0) is 82.5. The molecule has 0 saturated carbocycles. The molecule has 0 aromatic heterocycles. The number of nitrogens with one attached hydrogen (secondary N) is 10. The lowest BCUT2D eigenvalue weighted by atomic mass is 9.95. The average molecular weight is 1530 g/mol. The lowest BCUT2D eigenvalue weighted by Crippen LogP contribution is -2.59. The van der Waals surface area contributed by atoms with Crippen molar-refractivity contribution in [3.63, 3.8) is 0 Å². The van der Waals surface area contributed by atoms with E-state index in [2.05, 4.69) is 53.2 Å². The van der Waals surface area contributed by atoms with E-state index in [9.17, 15) is 72.9 Å². The second-order valence-corrected chi connectivity index (χ2v) is 32.1. The van der Waals surface area contributed by atoms with Crippen molar-refractivity contribution < 1.29 is 77.6 Å². The van der Waals surface area contributed by atoms with E-state index >= 15 is 0 Å². The molecule has 26 nitrogen and oxygen atoms in total. The van der Waals surface area contributed by atoms with Crippen molar-refractivity contribution in [2.24, 2.45) is 59.2 Å². The zero-order valence-electron chi connectivity index (χ0n) is 68.3. The minimum atomic E-state index is -1.40. The van der Waals surface area contributed by atoms with E-state index in [0.29, 0.717) is 25.7 Å². The number of esters is 1. The SMILES string of the molecule is CC[C@H](C)[C@H](NC(=O)C[C@H](O)[C@H](Cc1ccccc1)NC(=O)[C@@H](NC(=O)[C@H](CC(C)C)NC(=O)CC(C)C)C(C)C)C(=O)N[C@H](C(=O)O)C(C)C.CC[C@H](C)[C@H](NC(=O)C[C@H](O)[C@H](Cc1ccccc1)NC(=O)[C@@H](NC(=O)[C@H](CC(C)C)NC(=O)CC(C)C)C(C)C)C(=O)N[C@H](C(=O)OCc1ccccc1)C(C)C. The predicted molar refractivity (Wildman–Crippen MR) is 421 cm³/mol. The third-order valence-electron chi connectivity index (χ3n) is 18.7. The monoisotopic (exact) mass is 1520 g/mol. The highest BCUT2D eigenvalue weighted by Crippen LogP contribution is 2.20. The molecule has 3 aromatic rings. The summed E-state index contributed by atoms with van der Waals surface area (Å²) in [5.41, 5.74) is 2.37. The number of aliphatic hydroxyl groups excluding tert-OH is 2. The Morgan fingerprint density at radius 2 is 0.624 bits per heavy atom. The summed E-state index contributed by atoms with van der Waals surface area (Å²) in [5.74, 6) is -8.65. The van der Waals surface area contributed by atoms with Gasteiger partial charge >= 0.3 is 11.9 Å². The Labute approximate surface area is 647 Å². The molecule has 0 bridgehead atoms. The number of amides is 10. The molecule has 0 aliphatic rings. The first-order valence-corrected chi connectivity index (χ1v) is 39.0. The molecule has 3 rings (SSSR count). The van der Waals surface area contributed by atoms with Gasteiger partial charge in [-0.15, -0.1) is 0 Å². The first-order chi connectivity index (χ1) is 51.1. The summed E-state index contributed by atoms with van der Waals surface area (Å²) in [6.45, 7) is 36.7. The Balaban J connectivity index is 0.000000747. The summed E-state index contributed by atoms with van der Waals surface area (Å²) in [6.07, 6.45) is -1.10. The van der Waals surface area contributed by atoms with E-state index in [1.165, 1.54) is 0 Å². The van der Waals surface area contributed by atoms with E-state index in [4.69, 9.17) is 4.74 Å². The van der Waals surface area contributed by atoms with Crippen LogP contribution in [0.3, 0.4) is 0 Å². The van der Waals surface area contributed by atoms with E-state index in [1.807, 2.05) is 160 Å². The van der Waals surface area contributed by atoms with Gasteiger partial charge in [-0.3, -0.25) is 47.9 Å². The molecule has 0 unspecified atom stereocenters. The van der Waals surface area contributed by atoms with E-state index in [0.717, 1.165) is 16.7 Å². The van der Waals surface area contributed by atoms with Gasteiger partial charge in [-0.2, -0.15) is 0 Å². The summed E-state index contributed by atoms with van der Waals surface area (Å²) in [4.78, 5) is 159. The fourth-order valence-electron chi connectivity index (χ4n) is 11.9. The molecule has 0 heterocycles. The Kier molecular flexibility index (Phi) is 43.6. The summed E-state index contributed by atoms with van der Waals surface area (Å²) in [5, 5.41) is 60.3. The third-order valence-corrected chi connectivity index (χ3v) is 18.7. The second kappa shape index (κ2) is 49.4. The first kappa shape index (κ1) is 96.3. The minimum Gasteiger partial charge on any atom is -0.480 e. The van der Waals surface area contributed by atoms with Crippen molar-refractivity contribution in [3.8, 4) is 0 Å². The van der Waals surface area contributed by atoms with E-state index in [-0.39, 0.29) is 97.4 Å². The van der Waals surface area contributed by atoms with Crippen LogP contribution in [0.5, 0.6) is 0 Å². The Bertz CT molecular complexity index is 3320. The molecule has 26 heteroatoms. The quantitative estimate of drug-likeness (QED) is 0.0243. The molecule has 13 N–H and O–H groups in total. The van der Waals surface area contributed by atoms with Crippen LogP contribution in [0.15, 0.2) is 91.0 Å². The molecule has 0 saturated heterocycles. The van der Waals surface area contributed by atoms with Gasteiger partial charge in [0.05, 0.1) is 37.1 Å². The molecule has 610 valence electrons. The summed E-state index contributed by atoms with van der Waals surface area (Å²) in [7, 11) is 0. The van der Waals surface area contributed by atoms with Crippen LogP contribution >= 0.6 is 0 Å². The maximum Gasteiger partial charge on any atom is 0.329 e. The summed E-state index contributed by atoms with van der Waals surface area (Å²) in [6, 6.07) is 17.6.